The summed E-state index contributed by atoms with van der Waals surface area (Å²) in [5.74, 6) is -1.23. The lowest BCUT2D eigenvalue weighted by Crippen LogP contribution is -2.54. The molecule has 4 rings (SSSR count). The van der Waals surface area contributed by atoms with Gasteiger partial charge in [-0.1, -0.05) is 35.3 Å². The molecule has 1 saturated heterocycles. The zero-order valence-corrected chi connectivity index (χ0v) is 22.3. The van der Waals surface area contributed by atoms with E-state index in [1.807, 2.05) is 0 Å². The first-order valence-electron chi connectivity index (χ1n) is 11.6. The van der Waals surface area contributed by atoms with Gasteiger partial charge in [-0.05, 0) is 37.5 Å². The predicted molar refractivity (Wildman–Crippen MR) is 139 cm³/mol. The van der Waals surface area contributed by atoms with Crippen LogP contribution in [-0.4, -0.2) is 55.2 Å². The highest BCUT2D eigenvalue weighted by molar-refractivity contribution is 7.91. The van der Waals surface area contributed by atoms with Gasteiger partial charge in [0, 0.05) is 36.3 Å². The molecule has 196 valence electrons. The first-order chi connectivity index (χ1) is 17.5. The van der Waals surface area contributed by atoms with E-state index in [1.54, 1.807) is 31.2 Å². The maximum atomic E-state index is 12.7. The Morgan fingerprint density at radius 1 is 1.11 bits per heavy atom. The zero-order valence-electron chi connectivity index (χ0n) is 19.9. The van der Waals surface area contributed by atoms with Gasteiger partial charge in [-0.15, -0.1) is 0 Å². The second-order valence-electron chi connectivity index (χ2n) is 8.94. The van der Waals surface area contributed by atoms with Crippen molar-refractivity contribution in [3.63, 3.8) is 0 Å². The number of ether oxygens (including phenoxy) is 1. The standard InChI is InChI=1S/C25H25Cl2N3O6S/c1-2-36-24(33)19(30-20-12-21(31)25(20)7-9-37(34,35)10-8-25)11-15-3-5-16(6-4-15)29-23(32)22-17(26)13-28-14-18(22)27/h3-6,12-14,19,30H,2,7-11H2,1H3,(H,29,32)/t19-/m0/s1. The van der Waals surface area contributed by atoms with Gasteiger partial charge in [0.25, 0.3) is 5.91 Å². The second kappa shape index (κ2) is 10.8. The van der Waals surface area contributed by atoms with E-state index in [4.69, 9.17) is 27.9 Å². The van der Waals surface area contributed by atoms with Crippen molar-refractivity contribution in [1.82, 2.24) is 10.3 Å². The summed E-state index contributed by atoms with van der Waals surface area (Å²) in [6.45, 7) is 1.89. The van der Waals surface area contributed by atoms with Crippen molar-refractivity contribution >= 4 is 56.4 Å². The Hall–Kier alpha value is -2.95. The summed E-state index contributed by atoms with van der Waals surface area (Å²) in [6.07, 6.45) is 4.73. The van der Waals surface area contributed by atoms with Crippen molar-refractivity contribution in [2.45, 2.75) is 32.2 Å². The summed E-state index contributed by atoms with van der Waals surface area (Å²) >= 11 is 12.1. The van der Waals surface area contributed by atoms with E-state index < -0.39 is 33.2 Å². The summed E-state index contributed by atoms with van der Waals surface area (Å²) in [6, 6.07) is 6.07. The molecule has 2 aliphatic rings. The van der Waals surface area contributed by atoms with Crippen molar-refractivity contribution in [1.29, 1.82) is 0 Å². The number of benzene rings is 1. The number of hydrogen-bond acceptors (Lipinski definition) is 8. The Bertz CT molecular complexity index is 1340. The van der Waals surface area contributed by atoms with Crippen molar-refractivity contribution < 1.29 is 27.5 Å². The summed E-state index contributed by atoms with van der Waals surface area (Å²) < 4.78 is 29.0. The highest BCUT2D eigenvalue weighted by atomic mass is 35.5. The summed E-state index contributed by atoms with van der Waals surface area (Å²) in [5.41, 5.74) is 1.06. The molecule has 1 atom stereocenters. The van der Waals surface area contributed by atoms with E-state index in [2.05, 4.69) is 15.6 Å². The summed E-state index contributed by atoms with van der Waals surface area (Å²) in [7, 11) is -3.16. The molecule has 0 unspecified atom stereocenters. The summed E-state index contributed by atoms with van der Waals surface area (Å²) in [4.78, 5) is 41.6. The van der Waals surface area contributed by atoms with Crippen molar-refractivity contribution in [2.24, 2.45) is 5.41 Å². The van der Waals surface area contributed by atoms with Crippen molar-refractivity contribution in [2.75, 3.05) is 23.4 Å². The average Bonchev–Trinajstić information content (AvgIpc) is 2.84. The molecule has 1 fully saturated rings. The van der Waals surface area contributed by atoms with Crippen LogP contribution in [0.4, 0.5) is 5.69 Å². The lowest BCUT2D eigenvalue weighted by Gasteiger charge is -2.44. The lowest BCUT2D eigenvalue weighted by atomic mass is 9.67. The number of carbonyl (C=O) groups excluding carboxylic acids is 3. The number of carbonyl (C=O) groups is 3. The molecular formula is C25H25Cl2N3O6S. The van der Waals surface area contributed by atoms with Crippen LogP contribution in [0.5, 0.6) is 0 Å². The molecule has 12 heteroatoms. The van der Waals surface area contributed by atoms with Gasteiger partial charge in [0.15, 0.2) is 5.78 Å². The van der Waals surface area contributed by atoms with Gasteiger partial charge in [-0.3, -0.25) is 14.6 Å². The van der Waals surface area contributed by atoms with Crippen LogP contribution >= 0.6 is 23.2 Å². The smallest absolute Gasteiger partial charge is 0.328 e. The minimum absolute atomic E-state index is 0.0646. The van der Waals surface area contributed by atoms with Gasteiger partial charge >= 0.3 is 5.97 Å². The predicted octanol–water partition coefficient (Wildman–Crippen LogP) is 3.37. The topological polar surface area (TPSA) is 132 Å². The molecule has 2 N–H and O–H groups in total. The molecule has 1 aliphatic carbocycles. The molecule has 1 aromatic heterocycles. The highest BCUT2D eigenvalue weighted by Gasteiger charge is 2.51. The SMILES string of the molecule is CCOC(=O)[C@H](Cc1ccc(NC(=O)c2c(Cl)cncc2Cl)cc1)NC1=CC(=O)C12CCS(=O)(=O)CC2. The average molecular weight is 566 g/mol. The maximum Gasteiger partial charge on any atom is 0.328 e. The zero-order chi connectivity index (χ0) is 26.8. The fourth-order valence-corrected chi connectivity index (χ4v) is 6.51. The number of amides is 1. The number of aromatic nitrogens is 1. The number of esters is 1. The fraction of sp³-hybridized carbons (Fsp3) is 0.360. The number of nitrogens with zero attached hydrogens (tertiary/aromatic N) is 1. The molecule has 1 aromatic carbocycles. The molecule has 9 nitrogen and oxygen atoms in total. The van der Waals surface area contributed by atoms with E-state index in [1.165, 1.54) is 18.5 Å². The number of nitrogens with one attached hydrogen (secondary N) is 2. The molecule has 1 amide bonds. The molecule has 1 spiro atoms. The van der Waals surface area contributed by atoms with Crippen LogP contribution < -0.4 is 10.6 Å². The van der Waals surface area contributed by atoms with Crippen LogP contribution in [0.1, 0.15) is 35.7 Å². The number of allylic oxidation sites excluding steroid dienone is 2. The highest BCUT2D eigenvalue weighted by Crippen LogP contribution is 2.46. The van der Waals surface area contributed by atoms with Crippen LogP contribution in [0.25, 0.3) is 0 Å². The Morgan fingerprint density at radius 3 is 2.30 bits per heavy atom. The van der Waals surface area contributed by atoms with Gasteiger partial charge in [0.05, 0.1) is 39.1 Å². The number of anilines is 1. The molecular weight excluding hydrogens is 541 g/mol. The largest absolute Gasteiger partial charge is 0.464 e. The van der Waals surface area contributed by atoms with Gasteiger partial charge in [-0.25, -0.2) is 13.2 Å². The van der Waals surface area contributed by atoms with Gasteiger partial charge in [-0.2, -0.15) is 0 Å². The van der Waals surface area contributed by atoms with Crippen LogP contribution in [0.3, 0.4) is 0 Å². The molecule has 37 heavy (non-hydrogen) atoms. The van der Waals surface area contributed by atoms with Crippen LogP contribution in [0.15, 0.2) is 48.4 Å². The maximum absolute atomic E-state index is 12.7. The number of hydrogen-bond donors (Lipinski definition) is 2. The van der Waals surface area contributed by atoms with Gasteiger partial charge in [0.1, 0.15) is 15.9 Å². The molecule has 0 saturated carbocycles. The second-order valence-corrected chi connectivity index (χ2v) is 12.1. The van der Waals surface area contributed by atoms with E-state index in [9.17, 15) is 22.8 Å². The first-order valence-corrected chi connectivity index (χ1v) is 14.2. The Balaban J connectivity index is 1.46. The number of halogens is 2. The minimum Gasteiger partial charge on any atom is -0.464 e. The normalized spacial score (nSPS) is 18.4. The molecule has 0 bridgehead atoms. The van der Waals surface area contributed by atoms with Crippen molar-refractivity contribution in [3.8, 4) is 0 Å². The molecule has 0 radical (unpaired) electrons. The minimum atomic E-state index is -3.16. The Morgan fingerprint density at radius 2 is 1.73 bits per heavy atom. The number of ketones is 1. The first kappa shape index (κ1) is 27.1. The molecule has 2 aromatic rings. The number of rotatable bonds is 8. The Kier molecular flexibility index (Phi) is 7.91. The Labute approximate surface area is 224 Å². The van der Waals surface area contributed by atoms with E-state index in [0.29, 0.717) is 11.4 Å². The fourth-order valence-electron chi connectivity index (χ4n) is 4.45. The quantitative estimate of drug-likeness (QED) is 0.465. The van der Waals surface area contributed by atoms with Crippen LogP contribution in [0.2, 0.25) is 10.0 Å². The van der Waals surface area contributed by atoms with E-state index in [0.717, 1.165) is 5.56 Å². The van der Waals surface area contributed by atoms with Crippen LogP contribution in [0, 0.1) is 5.41 Å². The number of sulfone groups is 1. The number of pyridine rings is 1. The van der Waals surface area contributed by atoms with E-state index >= 15 is 0 Å². The van der Waals surface area contributed by atoms with Gasteiger partial charge in [0.2, 0.25) is 0 Å². The third-order valence-corrected chi connectivity index (χ3v) is 8.80. The molecule has 1 aliphatic heterocycles. The third kappa shape index (κ3) is 5.81. The van der Waals surface area contributed by atoms with E-state index in [-0.39, 0.29) is 58.8 Å². The van der Waals surface area contributed by atoms with Crippen LogP contribution in [-0.2, 0) is 30.6 Å². The third-order valence-electron chi connectivity index (χ3n) is 6.58. The monoisotopic (exact) mass is 565 g/mol. The lowest BCUT2D eigenvalue weighted by molar-refractivity contribution is -0.146. The van der Waals surface area contributed by atoms with Crippen molar-refractivity contribution in [3.05, 3.63) is 69.6 Å². The van der Waals surface area contributed by atoms with Gasteiger partial charge < -0.3 is 15.4 Å². The molecule has 2 heterocycles. The summed E-state index contributed by atoms with van der Waals surface area (Å²) in [5, 5.41) is 6.13.